The van der Waals surface area contributed by atoms with Crippen LogP contribution in [0.1, 0.15) is 13.8 Å². The molecule has 0 aromatic heterocycles. The lowest BCUT2D eigenvalue weighted by molar-refractivity contribution is 0.102. The molecule has 4 heteroatoms. The lowest BCUT2D eigenvalue weighted by Crippen LogP contribution is -2.53. The molecule has 1 unspecified atom stereocenters. The predicted molar refractivity (Wildman–Crippen MR) is 68.8 cm³/mol. The Kier molecular flexibility index (Phi) is 4.90. The van der Waals surface area contributed by atoms with E-state index in [1.54, 1.807) is 12.1 Å². The van der Waals surface area contributed by atoms with E-state index in [4.69, 9.17) is 10.5 Å². The summed E-state index contributed by atoms with van der Waals surface area (Å²) in [4.78, 5) is 1.85. The number of hydrogen-bond donors (Lipinski definition) is 1. The molecule has 0 heterocycles. The van der Waals surface area contributed by atoms with Gasteiger partial charge in [0.15, 0.2) is 0 Å². The summed E-state index contributed by atoms with van der Waals surface area (Å²) in [5.41, 5.74) is 5.93. The zero-order valence-corrected chi connectivity index (χ0v) is 10.7. The van der Waals surface area contributed by atoms with E-state index < -0.39 is 5.54 Å². The Labute approximate surface area is 102 Å². The maximum atomic E-state index is 13.7. The first-order valence-corrected chi connectivity index (χ1v) is 5.81. The van der Waals surface area contributed by atoms with Crippen LogP contribution in [-0.4, -0.2) is 32.3 Å². The molecule has 1 aromatic rings. The van der Waals surface area contributed by atoms with Gasteiger partial charge in [-0.25, -0.2) is 4.39 Å². The van der Waals surface area contributed by atoms with Crippen molar-refractivity contribution < 1.29 is 9.13 Å². The first-order valence-electron chi connectivity index (χ1n) is 5.81. The van der Waals surface area contributed by atoms with Crippen molar-refractivity contribution in [1.29, 1.82) is 0 Å². The van der Waals surface area contributed by atoms with E-state index in [9.17, 15) is 4.39 Å². The largest absolute Gasteiger partial charge is 0.379 e. The van der Waals surface area contributed by atoms with Crippen LogP contribution in [0.4, 0.5) is 10.1 Å². The minimum Gasteiger partial charge on any atom is -0.379 e. The van der Waals surface area contributed by atoms with E-state index in [0.717, 1.165) is 0 Å². The SMILES string of the molecule is CCOCC(C)(CN)N(C)c1ccccc1F. The molecule has 1 atom stereocenters. The van der Waals surface area contributed by atoms with Crippen LogP contribution in [0, 0.1) is 5.82 Å². The monoisotopic (exact) mass is 240 g/mol. The van der Waals surface area contributed by atoms with Gasteiger partial charge in [-0.2, -0.15) is 0 Å². The van der Waals surface area contributed by atoms with Gasteiger partial charge in [0.05, 0.1) is 17.8 Å². The van der Waals surface area contributed by atoms with Crippen molar-refractivity contribution in [3.05, 3.63) is 30.1 Å². The van der Waals surface area contributed by atoms with E-state index in [2.05, 4.69) is 0 Å². The summed E-state index contributed by atoms with van der Waals surface area (Å²) in [6.07, 6.45) is 0. The smallest absolute Gasteiger partial charge is 0.146 e. The van der Waals surface area contributed by atoms with Gasteiger partial charge in [-0.3, -0.25) is 0 Å². The molecular formula is C13H21FN2O. The van der Waals surface area contributed by atoms with Gasteiger partial charge in [0.2, 0.25) is 0 Å². The minimum absolute atomic E-state index is 0.244. The van der Waals surface area contributed by atoms with Crippen LogP contribution in [-0.2, 0) is 4.74 Å². The van der Waals surface area contributed by atoms with Crippen LogP contribution in [0.2, 0.25) is 0 Å². The summed E-state index contributed by atoms with van der Waals surface area (Å²) in [6, 6.07) is 6.68. The molecule has 0 saturated carbocycles. The second-order valence-corrected chi connectivity index (χ2v) is 4.35. The van der Waals surface area contributed by atoms with Crippen LogP contribution in [0.15, 0.2) is 24.3 Å². The number of benzene rings is 1. The van der Waals surface area contributed by atoms with Gasteiger partial charge in [-0.15, -0.1) is 0 Å². The number of halogens is 1. The fraction of sp³-hybridized carbons (Fsp3) is 0.538. The van der Waals surface area contributed by atoms with Crippen molar-refractivity contribution in [1.82, 2.24) is 0 Å². The number of likely N-dealkylation sites (N-methyl/N-ethyl adjacent to an activating group) is 1. The van der Waals surface area contributed by atoms with E-state index in [0.29, 0.717) is 25.4 Å². The van der Waals surface area contributed by atoms with Crippen molar-refractivity contribution in [2.75, 3.05) is 31.7 Å². The Morgan fingerprint density at radius 3 is 2.59 bits per heavy atom. The summed E-state index contributed by atoms with van der Waals surface area (Å²) in [7, 11) is 1.84. The molecule has 0 bridgehead atoms. The molecule has 0 radical (unpaired) electrons. The molecule has 17 heavy (non-hydrogen) atoms. The van der Waals surface area contributed by atoms with Gasteiger partial charge in [-0.05, 0) is 26.0 Å². The number of para-hydroxylation sites is 1. The van der Waals surface area contributed by atoms with Gasteiger partial charge in [0, 0.05) is 20.2 Å². The number of ether oxygens (including phenoxy) is 1. The summed E-state index contributed by atoms with van der Waals surface area (Å²) >= 11 is 0. The molecule has 0 aliphatic rings. The topological polar surface area (TPSA) is 38.5 Å². The first kappa shape index (κ1) is 13.9. The number of nitrogens with zero attached hydrogens (tertiary/aromatic N) is 1. The van der Waals surface area contributed by atoms with Crippen molar-refractivity contribution >= 4 is 5.69 Å². The third-order valence-corrected chi connectivity index (χ3v) is 3.08. The number of rotatable bonds is 6. The number of nitrogens with two attached hydrogens (primary N) is 1. The van der Waals surface area contributed by atoms with Gasteiger partial charge in [0.1, 0.15) is 5.82 Å². The Hall–Kier alpha value is -1.13. The molecule has 0 spiro atoms. The summed E-state index contributed by atoms with van der Waals surface area (Å²) in [5.74, 6) is -0.244. The highest BCUT2D eigenvalue weighted by Crippen LogP contribution is 2.24. The highest BCUT2D eigenvalue weighted by molar-refractivity contribution is 5.49. The van der Waals surface area contributed by atoms with Crippen molar-refractivity contribution in [2.24, 2.45) is 5.73 Å². The van der Waals surface area contributed by atoms with Crippen molar-refractivity contribution in [2.45, 2.75) is 19.4 Å². The zero-order chi connectivity index (χ0) is 12.9. The third-order valence-electron chi connectivity index (χ3n) is 3.08. The normalized spacial score (nSPS) is 14.4. The molecule has 1 aromatic carbocycles. The Morgan fingerprint density at radius 1 is 1.41 bits per heavy atom. The number of anilines is 1. The van der Waals surface area contributed by atoms with Crippen molar-refractivity contribution in [3.63, 3.8) is 0 Å². The van der Waals surface area contributed by atoms with Gasteiger partial charge < -0.3 is 15.4 Å². The highest BCUT2D eigenvalue weighted by Gasteiger charge is 2.29. The van der Waals surface area contributed by atoms with E-state index in [-0.39, 0.29) is 5.82 Å². The molecule has 2 N–H and O–H groups in total. The maximum absolute atomic E-state index is 13.7. The lowest BCUT2D eigenvalue weighted by Gasteiger charge is -2.39. The second kappa shape index (κ2) is 5.98. The molecule has 0 aliphatic carbocycles. The molecule has 1 rings (SSSR count). The average Bonchev–Trinajstić information content (AvgIpc) is 2.35. The van der Waals surface area contributed by atoms with Gasteiger partial charge in [0.25, 0.3) is 0 Å². The summed E-state index contributed by atoms with van der Waals surface area (Å²) < 4.78 is 19.1. The van der Waals surface area contributed by atoms with Crippen LogP contribution in [0.25, 0.3) is 0 Å². The van der Waals surface area contributed by atoms with Gasteiger partial charge >= 0.3 is 0 Å². The molecule has 3 nitrogen and oxygen atoms in total. The molecule has 0 amide bonds. The van der Waals surface area contributed by atoms with Crippen LogP contribution < -0.4 is 10.6 Å². The molecule has 0 saturated heterocycles. The Morgan fingerprint density at radius 2 is 2.06 bits per heavy atom. The lowest BCUT2D eigenvalue weighted by atomic mass is 10.0. The third kappa shape index (κ3) is 3.17. The molecule has 0 fully saturated rings. The maximum Gasteiger partial charge on any atom is 0.146 e. The summed E-state index contributed by atoms with van der Waals surface area (Å²) in [6.45, 7) is 5.40. The molecule has 96 valence electrons. The number of hydrogen-bond acceptors (Lipinski definition) is 3. The van der Waals surface area contributed by atoms with E-state index in [1.807, 2.05) is 31.9 Å². The van der Waals surface area contributed by atoms with Crippen LogP contribution in [0.3, 0.4) is 0 Å². The molecular weight excluding hydrogens is 219 g/mol. The standard InChI is InChI=1S/C13H21FN2O/c1-4-17-10-13(2,9-15)16(3)12-8-6-5-7-11(12)14/h5-8H,4,9-10,15H2,1-3H3. The Balaban J connectivity index is 2.92. The second-order valence-electron chi connectivity index (χ2n) is 4.35. The van der Waals surface area contributed by atoms with Gasteiger partial charge in [-0.1, -0.05) is 12.1 Å². The predicted octanol–water partition coefficient (Wildman–Crippen LogP) is 2.02. The fourth-order valence-electron chi connectivity index (χ4n) is 1.63. The van der Waals surface area contributed by atoms with E-state index >= 15 is 0 Å². The Bertz CT molecular complexity index is 359. The first-order chi connectivity index (χ1) is 8.05. The van der Waals surface area contributed by atoms with Crippen LogP contribution >= 0.6 is 0 Å². The minimum atomic E-state index is -0.405. The zero-order valence-electron chi connectivity index (χ0n) is 10.7. The highest BCUT2D eigenvalue weighted by atomic mass is 19.1. The van der Waals surface area contributed by atoms with Crippen molar-refractivity contribution in [3.8, 4) is 0 Å². The molecule has 0 aliphatic heterocycles. The summed E-state index contributed by atoms with van der Waals surface area (Å²) in [5, 5.41) is 0. The quantitative estimate of drug-likeness (QED) is 0.826. The van der Waals surface area contributed by atoms with Crippen LogP contribution in [0.5, 0.6) is 0 Å². The van der Waals surface area contributed by atoms with E-state index in [1.165, 1.54) is 6.07 Å². The average molecular weight is 240 g/mol. The fourth-order valence-corrected chi connectivity index (χ4v) is 1.63.